The molecule has 3 atom stereocenters. The first-order chi connectivity index (χ1) is 11.6. The Balaban J connectivity index is 1.56. The minimum Gasteiger partial charge on any atom is -0.354 e. The smallest absolute Gasteiger partial charge is 0.243 e. The van der Waals surface area contributed by atoms with Gasteiger partial charge in [0.15, 0.2) is 0 Å². The van der Waals surface area contributed by atoms with E-state index in [1.165, 1.54) is 0 Å². The molecule has 0 aromatic carbocycles. The van der Waals surface area contributed by atoms with Crippen LogP contribution >= 0.6 is 11.8 Å². The SMILES string of the molecule is CC(C)CCNC(=O)[C@@H]1CSCN1C(=O)[C@@H]1C[C@H]1c1cccnc1. The molecule has 5 nitrogen and oxygen atoms in total. The number of pyridine rings is 1. The molecule has 130 valence electrons. The molecule has 6 heteroatoms. The van der Waals surface area contributed by atoms with Gasteiger partial charge in [0, 0.05) is 30.6 Å². The number of thioether (sulfide) groups is 1. The lowest BCUT2D eigenvalue weighted by Crippen LogP contribution is -2.48. The lowest BCUT2D eigenvalue weighted by Gasteiger charge is -2.23. The molecule has 2 amide bonds. The molecule has 24 heavy (non-hydrogen) atoms. The Morgan fingerprint density at radius 3 is 3.00 bits per heavy atom. The summed E-state index contributed by atoms with van der Waals surface area (Å²) in [5.74, 6) is 2.28. The predicted octanol–water partition coefficient (Wildman–Crippen LogP) is 2.25. The lowest BCUT2D eigenvalue weighted by molar-refractivity contribution is -0.139. The number of carbonyl (C=O) groups excluding carboxylic acids is 2. The van der Waals surface area contributed by atoms with E-state index in [9.17, 15) is 9.59 Å². The molecule has 0 spiro atoms. The van der Waals surface area contributed by atoms with Crippen molar-refractivity contribution in [3.8, 4) is 0 Å². The van der Waals surface area contributed by atoms with Crippen LogP contribution < -0.4 is 5.32 Å². The maximum Gasteiger partial charge on any atom is 0.243 e. The van der Waals surface area contributed by atoms with Crippen molar-refractivity contribution < 1.29 is 9.59 Å². The number of carbonyl (C=O) groups is 2. The Kier molecular flexibility index (Phi) is 5.43. The quantitative estimate of drug-likeness (QED) is 0.857. The zero-order chi connectivity index (χ0) is 17.1. The summed E-state index contributed by atoms with van der Waals surface area (Å²) in [4.78, 5) is 31.1. The van der Waals surface area contributed by atoms with Gasteiger partial charge in [-0.25, -0.2) is 0 Å². The molecular weight excluding hydrogens is 322 g/mol. The first-order valence-electron chi connectivity index (χ1n) is 8.63. The molecule has 0 bridgehead atoms. The molecular formula is C18H25N3O2S. The Morgan fingerprint density at radius 2 is 2.29 bits per heavy atom. The molecule has 1 saturated heterocycles. The van der Waals surface area contributed by atoms with Crippen molar-refractivity contribution >= 4 is 23.6 Å². The number of aromatic nitrogens is 1. The van der Waals surface area contributed by atoms with E-state index in [1.807, 2.05) is 18.3 Å². The topological polar surface area (TPSA) is 62.3 Å². The van der Waals surface area contributed by atoms with E-state index in [1.54, 1.807) is 22.9 Å². The van der Waals surface area contributed by atoms with Crippen LogP contribution in [0.2, 0.25) is 0 Å². The van der Waals surface area contributed by atoms with Crippen LogP contribution in [0, 0.1) is 11.8 Å². The molecule has 2 aliphatic rings. The second kappa shape index (κ2) is 7.55. The van der Waals surface area contributed by atoms with E-state index in [-0.39, 0.29) is 29.7 Å². The van der Waals surface area contributed by atoms with Crippen molar-refractivity contribution in [2.24, 2.45) is 11.8 Å². The minimum atomic E-state index is -0.315. The molecule has 1 aliphatic heterocycles. The van der Waals surface area contributed by atoms with Gasteiger partial charge >= 0.3 is 0 Å². The van der Waals surface area contributed by atoms with Crippen LogP contribution in [0.4, 0.5) is 0 Å². The average Bonchev–Trinajstić information content (AvgIpc) is 3.22. The van der Waals surface area contributed by atoms with E-state index < -0.39 is 0 Å². The van der Waals surface area contributed by atoms with E-state index in [0.717, 1.165) is 18.4 Å². The van der Waals surface area contributed by atoms with E-state index in [2.05, 4.69) is 24.1 Å². The number of nitrogens with one attached hydrogen (secondary N) is 1. The van der Waals surface area contributed by atoms with Crippen molar-refractivity contribution in [1.29, 1.82) is 0 Å². The minimum absolute atomic E-state index is 0.00687. The van der Waals surface area contributed by atoms with Gasteiger partial charge in [0.25, 0.3) is 0 Å². The summed E-state index contributed by atoms with van der Waals surface area (Å²) in [6.07, 6.45) is 5.42. The molecule has 1 aliphatic carbocycles. The zero-order valence-corrected chi connectivity index (χ0v) is 15.1. The summed E-state index contributed by atoms with van der Waals surface area (Å²) < 4.78 is 0. The van der Waals surface area contributed by atoms with Gasteiger partial charge in [-0.2, -0.15) is 0 Å². The van der Waals surface area contributed by atoms with E-state index in [4.69, 9.17) is 0 Å². The highest BCUT2D eigenvalue weighted by Gasteiger charge is 2.48. The fourth-order valence-electron chi connectivity index (χ4n) is 3.12. The Hall–Kier alpha value is -1.56. The fourth-order valence-corrected chi connectivity index (χ4v) is 4.29. The predicted molar refractivity (Wildman–Crippen MR) is 95.5 cm³/mol. The summed E-state index contributed by atoms with van der Waals surface area (Å²) in [6, 6.07) is 3.62. The van der Waals surface area contributed by atoms with Gasteiger partial charge in [-0.15, -0.1) is 11.8 Å². The third-order valence-electron chi connectivity index (χ3n) is 4.71. The average molecular weight is 347 g/mol. The number of hydrogen-bond donors (Lipinski definition) is 1. The van der Waals surface area contributed by atoms with Gasteiger partial charge in [-0.3, -0.25) is 14.6 Å². The number of hydrogen-bond acceptors (Lipinski definition) is 4. The van der Waals surface area contributed by atoms with Crippen molar-refractivity contribution in [1.82, 2.24) is 15.2 Å². The van der Waals surface area contributed by atoms with Crippen molar-refractivity contribution in [2.45, 2.75) is 38.6 Å². The summed E-state index contributed by atoms with van der Waals surface area (Å²) in [5.41, 5.74) is 1.13. The van der Waals surface area contributed by atoms with Crippen LogP contribution in [-0.4, -0.2) is 45.9 Å². The van der Waals surface area contributed by atoms with Crippen LogP contribution in [-0.2, 0) is 9.59 Å². The van der Waals surface area contributed by atoms with Crippen molar-refractivity contribution in [3.05, 3.63) is 30.1 Å². The second-order valence-electron chi connectivity index (χ2n) is 7.03. The molecule has 2 fully saturated rings. The molecule has 1 saturated carbocycles. The van der Waals surface area contributed by atoms with Crippen LogP contribution in [0.5, 0.6) is 0 Å². The van der Waals surface area contributed by atoms with Crippen LogP contribution in [0.1, 0.15) is 38.2 Å². The summed E-state index contributed by atoms with van der Waals surface area (Å²) in [6.45, 7) is 4.96. The van der Waals surface area contributed by atoms with Gasteiger partial charge in [0.05, 0.1) is 5.88 Å². The second-order valence-corrected chi connectivity index (χ2v) is 8.03. The number of rotatable bonds is 6. The van der Waals surface area contributed by atoms with Crippen LogP contribution in [0.3, 0.4) is 0 Å². The molecule has 3 rings (SSSR count). The first-order valence-corrected chi connectivity index (χ1v) is 9.79. The summed E-state index contributed by atoms with van der Waals surface area (Å²) in [5, 5.41) is 2.99. The van der Waals surface area contributed by atoms with Crippen LogP contribution in [0.15, 0.2) is 24.5 Å². The number of amides is 2. The van der Waals surface area contributed by atoms with E-state index >= 15 is 0 Å². The molecule has 0 unspecified atom stereocenters. The maximum absolute atomic E-state index is 12.8. The monoisotopic (exact) mass is 347 g/mol. The Bertz CT molecular complexity index is 593. The van der Waals surface area contributed by atoms with Gasteiger partial charge in [0.2, 0.25) is 11.8 Å². The van der Waals surface area contributed by atoms with E-state index in [0.29, 0.717) is 24.1 Å². The van der Waals surface area contributed by atoms with Crippen molar-refractivity contribution in [3.63, 3.8) is 0 Å². The normalized spacial score (nSPS) is 25.8. The lowest BCUT2D eigenvalue weighted by atomic mass is 10.1. The third kappa shape index (κ3) is 3.91. The summed E-state index contributed by atoms with van der Waals surface area (Å²) >= 11 is 1.66. The molecule has 1 aromatic heterocycles. The van der Waals surface area contributed by atoms with Gasteiger partial charge in [-0.1, -0.05) is 19.9 Å². The zero-order valence-electron chi connectivity index (χ0n) is 14.3. The van der Waals surface area contributed by atoms with Gasteiger partial charge < -0.3 is 10.2 Å². The highest BCUT2D eigenvalue weighted by molar-refractivity contribution is 7.99. The standard InChI is InChI=1S/C18H25N3O2S/c1-12(2)5-7-20-17(22)16-10-24-11-21(16)18(23)15-8-14(15)13-4-3-6-19-9-13/h3-4,6,9,12,14-16H,5,7-8,10-11H2,1-2H3,(H,20,22)/t14-,15+,16-/m0/s1. The summed E-state index contributed by atoms with van der Waals surface area (Å²) in [7, 11) is 0. The molecule has 0 radical (unpaired) electrons. The molecule has 1 aromatic rings. The van der Waals surface area contributed by atoms with Crippen LogP contribution in [0.25, 0.3) is 0 Å². The number of nitrogens with zero attached hydrogens (tertiary/aromatic N) is 2. The Labute approximate surface area is 147 Å². The van der Waals surface area contributed by atoms with Gasteiger partial charge in [0.1, 0.15) is 6.04 Å². The first kappa shape index (κ1) is 17.3. The Morgan fingerprint density at radius 1 is 1.46 bits per heavy atom. The maximum atomic E-state index is 12.8. The molecule has 2 heterocycles. The fraction of sp³-hybridized carbons (Fsp3) is 0.611. The third-order valence-corrected chi connectivity index (χ3v) is 5.72. The van der Waals surface area contributed by atoms with Crippen molar-refractivity contribution in [2.75, 3.05) is 18.2 Å². The van der Waals surface area contributed by atoms with Gasteiger partial charge in [-0.05, 0) is 36.3 Å². The largest absolute Gasteiger partial charge is 0.354 e. The highest BCUT2D eigenvalue weighted by Crippen LogP contribution is 2.49. The molecule has 1 N–H and O–H groups in total. The highest BCUT2D eigenvalue weighted by atomic mass is 32.2.